The van der Waals surface area contributed by atoms with Crippen LogP contribution >= 0.6 is 35.0 Å². The van der Waals surface area contributed by atoms with Gasteiger partial charge < -0.3 is 4.90 Å². The number of hydrogen-bond donors (Lipinski definition) is 0. The largest absolute Gasteiger partial charge is 0.308 e. The number of para-hydroxylation sites is 1. The summed E-state index contributed by atoms with van der Waals surface area (Å²) in [5.74, 6) is 0.934. The lowest BCUT2D eigenvalue weighted by atomic mass is 10.2. The maximum Gasteiger partial charge on any atom is 0.237 e. The van der Waals surface area contributed by atoms with E-state index in [2.05, 4.69) is 0 Å². The zero-order valence-corrected chi connectivity index (χ0v) is 17.6. The van der Waals surface area contributed by atoms with Crippen LogP contribution in [0.2, 0.25) is 10.0 Å². The standard InChI is InChI=1S/C19H19Cl2NO3S2/c20-17-7-6-14(10-18(17)21)11-26-12-19(23)22(15-4-2-1-3-5-15)16-8-9-27(24,25)13-16/h1-7,10,16H,8-9,11-13H2/t16-/m1/s1. The Hall–Kier alpha value is -1.21. The molecule has 144 valence electrons. The summed E-state index contributed by atoms with van der Waals surface area (Å²) in [6, 6.07) is 14.3. The van der Waals surface area contributed by atoms with Gasteiger partial charge in [0.05, 0.1) is 33.3 Å². The minimum atomic E-state index is -3.08. The second-order valence-electron chi connectivity index (χ2n) is 6.40. The summed E-state index contributed by atoms with van der Waals surface area (Å²) in [5.41, 5.74) is 1.72. The van der Waals surface area contributed by atoms with Crippen molar-refractivity contribution in [3.05, 3.63) is 64.1 Å². The Kier molecular flexibility index (Phi) is 6.74. The molecule has 4 nitrogen and oxygen atoms in total. The second kappa shape index (κ2) is 8.86. The normalized spacial score (nSPS) is 18.4. The number of amides is 1. The number of carbonyl (C=O) groups is 1. The number of anilines is 1. The van der Waals surface area contributed by atoms with Crippen LogP contribution in [0.1, 0.15) is 12.0 Å². The molecule has 8 heteroatoms. The summed E-state index contributed by atoms with van der Waals surface area (Å²) in [6.07, 6.45) is 0.473. The molecule has 0 bridgehead atoms. The Morgan fingerprint density at radius 3 is 2.48 bits per heavy atom. The third-order valence-corrected chi connectivity index (χ3v) is 7.83. The van der Waals surface area contributed by atoms with E-state index < -0.39 is 9.84 Å². The first-order valence-electron chi connectivity index (χ1n) is 8.45. The van der Waals surface area contributed by atoms with Gasteiger partial charge in [-0.05, 0) is 36.2 Å². The quantitative estimate of drug-likeness (QED) is 0.661. The molecule has 1 atom stereocenters. The van der Waals surface area contributed by atoms with Gasteiger partial charge >= 0.3 is 0 Å². The number of benzene rings is 2. The minimum absolute atomic E-state index is 0.0189. The molecule has 1 aliphatic heterocycles. The Labute approximate surface area is 173 Å². The van der Waals surface area contributed by atoms with E-state index >= 15 is 0 Å². The highest BCUT2D eigenvalue weighted by Crippen LogP contribution is 2.27. The van der Waals surface area contributed by atoms with E-state index in [4.69, 9.17) is 23.2 Å². The van der Waals surface area contributed by atoms with Crippen LogP contribution in [-0.4, -0.2) is 37.6 Å². The highest BCUT2D eigenvalue weighted by molar-refractivity contribution is 7.99. The highest BCUT2D eigenvalue weighted by atomic mass is 35.5. The molecule has 1 aliphatic rings. The number of rotatable bonds is 6. The van der Waals surface area contributed by atoms with Gasteiger partial charge in [-0.3, -0.25) is 4.79 Å². The Morgan fingerprint density at radius 2 is 1.85 bits per heavy atom. The van der Waals surface area contributed by atoms with Gasteiger partial charge in [-0.15, -0.1) is 11.8 Å². The van der Waals surface area contributed by atoms with Gasteiger partial charge in [0.15, 0.2) is 9.84 Å². The summed E-state index contributed by atoms with van der Waals surface area (Å²) in [7, 11) is -3.08. The summed E-state index contributed by atoms with van der Waals surface area (Å²) < 4.78 is 23.8. The van der Waals surface area contributed by atoms with Crippen molar-refractivity contribution in [2.45, 2.75) is 18.2 Å². The monoisotopic (exact) mass is 443 g/mol. The third kappa shape index (κ3) is 5.41. The van der Waals surface area contributed by atoms with Gasteiger partial charge in [0.2, 0.25) is 5.91 Å². The molecule has 0 radical (unpaired) electrons. The fourth-order valence-electron chi connectivity index (χ4n) is 3.08. The molecule has 0 aliphatic carbocycles. The van der Waals surface area contributed by atoms with Gasteiger partial charge in [-0.2, -0.15) is 0 Å². The molecule has 1 saturated heterocycles. The highest BCUT2D eigenvalue weighted by Gasteiger charge is 2.35. The first-order valence-corrected chi connectivity index (χ1v) is 12.2. The number of thioether (sulfide) groups is 1. The molecule has 2 aromatic rings. The molecule has 0 aromatic heterocycles. The number of carbonyl (C=O) groups excluding carboxylic acids is 1. The third-order valence-electron chi connectivity index (χ3n) is 4.35. The zero-order chi connectivity index (χ0) is 19.4. The Morgan fingerprint density at radius 1 is 1.11 bits per heavy atom. The van der Waals surface area contributed by atoms with Crippen LogP contribution in [-0.2, 0) is 20.4 Å². The second-order valence-corrected chi connectivity index (χ2v) is 10.4. The maximum atomic E-state index is 12.9. The van der Waals surface area contributed by atoms with Crippen molar-refractivity contribution < 1.29 is 13.2 Å². The van der Waals surface area contributed by atoms with E-state index in [-0.39, 0.29) is 29.2 Å². The van der Waals surface area contributed by atoms with Crippen molar-refractivity contribution in [1.29, 1.82) is 0 Å². The van der Waals surface area contributed by atoms with E-state index in [1.165, 1.54) is 11.8 Å². The van der Waals surface area contributed by atoms with Gasteiger partial charge in [0.25, 0.3) is 0 Å². The Bertz CT molecular complexity index is 920. The van der Waals surface area contributed by atoms with Crippen molar-refractivity contribution >= 4 is 56.4 Å². The zero-order valence-electron chi connectivity index (χ0n) is 14.5. The lowest BCUT2D eigenvalue weighted by Gasteiger charge is -2.28. The molecular weight excluding hydrogens is 425 g/mol. The molecule has 27 heavy (non-hydrogen) atoms. The van der Waals surface area contributed by atoms with Gasteiger partial charge in [0, 0.05) is 11.4 Å². The molecule has 0 unspecified atom stereocenters. The molecule has 1 fully saturated rings. The van der Waals surface area contributed by atoms with Crippen molar-refractivity contribution in [2.75, 3.05) is 22.2 Å². The van der Waals surface area contributed by atoms with E-state index in [1.807, 2.05) is 36.4 Å². The van der Waals surface area contributed by atoms with Crippen LogP contribution in [0.15, 0.2) is 48.5 Å². The van der Waals surface area contributed by atoms with Crippen molar-refractivity contribution in [3.8, 4) is 0 Å². The number of halogens is 2. The van der Waals surface area contributed by atoms with Crippen LogP contribution in [0, 0.1) is 0 Å². The SMILES string of the molecule is O=C(CSCc1ccc(Cl)c(Cl)c1)N(c1ccccc1)[C@@H]1CCS(=O)(=O)C1. The van der Waals surface area contributed by atoms with E-state index in [0.717, 1.165) is 11.3 Å². The van der Waals surface area contributed by atoms with Crippen LogP contribution < -0.4 is 4.90 Å². The van der Waals surface area contributed by atoms with E-state index in [9.17, 15) is 13.2 Å². The molecule has 2 aromatic carbocycles. The molecule has 0 spiro atoms. The predicted molar refractivity (Wildman–Crippen MR) is 114 cm³/mol. The van der Waals surface area contributed by atoms with E-state index in [1.54, 1.807) is 17.0 Å². The smallest absolute Gasteiger partial charge is 0.237 e. The average Bonchev–Trinajstić information content (AvgIpc) is 2.98. The molecule has 3 rings (SSSR count). The van der Waals surface area contributed by atoms with Crippen LogP contribution in [0.3, 0.4) is 0 Å². The maximum absolute atomic E-state index is 12.9. The number of hydrogen-bond acceptors (Lipinski definition) is 4. The van der Waals surface area contributed by atoms with Gasteiger partial charge in [-0.25, -0.2) is 8.42 Å². The molecule has 0 saturated carbocycles. The molecular formula is C19H19Cl2NO3S2. The lowest BCUT2D eigenvalue weighted by Crippen LogP contribution is -2.42. The van der Waals surface area contributed by atoms with Crippen LogP contribution in [0.4, 0.5) is 5.69 Å². The van der Waals surface area contributed by atoms with Crippen LogP contribution in [0.25, 0.3) is 0 Å². The number of nitrogens with zero attached hydrogens (tertiary/aromatic N) is 1. The first kappa shape index (κ1) is 20.5. The molecule has 1 heterocycles. The topological polar surface area (TPSA) is 54.5 Å². The van der Waals surface area contributed by atoms with Crippen molar-refractivity contribution in [2.24, 2.45) is 0 Å². The van der Waals surface area contributed by atoms with Gasteiger partial charge in [-0.1, -0.05) is 47.5 Å². The average molecular weight is 444 g/mol. The Balaban J connectivity index is 1.68. The summed E-state index contributed by atoms with van der Waals surface area (Å²) in [5, 5.41) is 0.988. The lowest BCUT2D eigenvalue weighted by molar-refractivity contribution is -0.116. The first-order chi connectivity index (χ1) is 12.9. The number of sulfone groups is 1. The van der Waals surface area contributed by atoms with Crippen molar-refractivity contribution in [1.82, 2.24) is 0 Å². The fraction of sp³-hybridized carbons (Fsp3) is 0.316. The summed E-state index contributed by atoms with van der Waals surface area (Å²) >= 11 is 13.4. The van der Waals surface area contributed by atoms with E-state index in [0.29, 0.717) is 22.2 Å². The van der Waals surface area contributed by atoms with Crippen LogP contribution in [0.5, 0.6) is 0 Å². The van der Waals surface area contributed by atoms with Crippen molar-refractivity contribution in [3.63, 3.8) is 0 Å². The summed E-state index contributed by atoms with van der Waals surface area (Å²) in [6.45, 7) is 0. The minimum Gasteiger partial charge on any atom is -0.308 e. The molecule has 0 N–H and O–H groups in total. The predicted octanol–water partition coefficient (Wildman–Crippen LogP) is 4.45. The van der Waals surface area contributed by atoms with Gasteiger partial charge in [0.1, 0.15) is 0 Å². The molecule has 1 amide bonds. The fourth-order valence-corrected chi connectivity index (χ4v) is 5.93. The summed E-state index contributed by atoms with van der Waals surface area (Å²) in [4.78, 5) is 14.6.